The standard InChI is InChI=1S/C26H14N2S4/c27-25-17(23-9-15-7-13-3-5-29-19(13)11-21(15)31-23)1-2-18(26(25)28)24-10-16-8-14-4-6-30-20(14)12-22(16)32-24/h1-12,27-28H. The fraction of sp³-hybridized carbons (Fsp3) is 0. The van der Waals surface area contributed by atoms with Crippen LogP contribution in [0.25, 0.3) is 51.5 Å². The lowest BCUT2D eigenvalue weighted by Gasteiger charge is -2.15. The third-order valence-electron chi connectivity index (χ3n) is 5.92. The Morgan fingerprint density at radius 3 is 1.44 bits per heavy atom. The second kappa shape index (κ2) is 6.80. The molecule has 0 atom stereocenters. The maximum atomic E-state index is 8.77. The first-order valence-electron chi connectivity index (χ1n) is 10.1. The van der Waals surface area contributed by atoms with Crippen LogP contribution in [0, 0.1) is 10.8 Å². The number of nitrogens with one attached hydrogen (secondary N) is 2. The highest BCUT2D eigenvalue weighted by atomic mass is 32.1. The Kier molecular flexibility index (Phi) is 3.96. The van der Waals surface area contributed by atoms with Crippen molar-refractivity contribution in [2.45, 2.75) is 0 Å². The van der Waals surface area contributed by atoms with Crippen molar-refractivity contribution in [3.8, 4) is 0 Å². The topological polar surface area (TPSA) is 47.7 Å². The molecule has 0 bridgehead atoms. The van der Waals surface area contributed by atoms with Crippen molar-refractivity contribution in [1.29, 1.82) is 10.8 Å². The number of thiophene rings is 4. The summed E-state index contributed by atoms with van der Waals surface area (Å²) in [6, 6.07) is 17.6. The molecule has 4 heterocycles. The number of hydrogen-bond donors (Lipinski definition) is 2. The minimum Gasteiger partial charge on any atom is -0.298 e. The van der Waals surface area contributed by atoms with Gasteiger partial charge in [-0.3, -0.25) is 10.8 Å². The van der Waals surface area contributed by atoms with Gasteiger partial charge in [-0.1, -0.05) is 12.2 Å². The molecule has 6 aromatic rings. The normalized spacial score (nSPS) is 14.8. The number of rotatable bonds is 2. The van der Waals surface area contributed by atoms with E-state index in [2.05, 4.69) is 59.3 Å². The van der Waals surface area contributed by atoms with Gasteiger partial charge in [0.15, 0.2) is 0 Å². The molecule has 2 nitrogen and oxygen atoms in total. The fourth-order valence-electron chi connectivity index (χ4n) is 4.28. The van der Waals surface area contributed by atoms with Crippen LogP contribution in [-0.4, -0.2) is 11.4 Å². The Labute approximate surface area is 199 Å². The third kappa shape index (κ3) is 2.74. The zero-order valence-corrected chi connectivity index (χ0v) is 19.8. The molecular formula is C26H14N2S4. The average molecular weight is 483 g/mol. The fourth-order valence-corrected chi connectivity index (χ4v) is 8.28. The second-order valence-electron chi connectivity index (χ2n) is 7.83. The van der Waals surface area contributed by atoms with Crippen molar-refractivity contribution in [1.82, 2.24) is 0 Å². The zero-order chi connectivity index (χ0) is 21.4. The van der Waals surface area contributed by atoms with Gasteiger partial charge in [0.2, 0.25) is 0 Å². The lowest BCUT2D eigenvalue weighted by molar-refractivity contribution is 1.49. The Hall–Kier alpha value is -2.90. The molecule has 152 valence electrons. The lowest BCUT2D eigenvalue weighted by Crippen LogP contribution is -2.17. The summed E-state index contributed by atoms with van der Waals surface area (Å²) in [4.78, 5) is 2.11. The number of hydrogen-bond acceptors (Lipinski definition) is 6. The maximum absolute atomic E-state index is 8.77. The molecule has 0 unspecified atom stereocenters. The minimum absolute atomic E-state index is 0.300. The average Bonchev–Trinajstić information content (AvgIpc) is 3.56. The van der Waals surface area contributed by atoms with Gasteiger partial charge in [0.25, 0.3) is 0 Å². The molecule has 7 rings (SSSR count). The van der Waals surface area contributed by atoms with E-state index < -0.39 is 0 Å². The van der Waals surface area contributed by atoms with Gasteiger partial charge in [-0.2, -0.15) is 0 Å². The van der Waals surface area contributed by atoms with Gasteiger partial charge in [-0.05, 0) is 80.8 Å². The Balaban J connectivity index is 1.32. The molecule has 0 saturated heterocycles. The molecule has 0 amide bonds. The zero-order valence-electron chi connectivity index (χ0n) is 16.6. The Morgan fingerprint density at radius 2 is 0.969 bits per heavy atom. The van der Waals surface area contributed by atoms with Crippen LogP contribution in [0.5, 0.6) is 0 Å². The number of benzene rings is 2. The Morgan fingerprint density at radius 1 is 0.500 bits per heavy atom. The summed E-state index contributed by atoms with van der Waals surface area (Å²) >= 11 is 6.93. The predicted molar refractivity (Wildman–Crippen MR) is 146 cm³/mol. The molecule has 1 aliphatic rings. The van der Waals surface area contributed by atoms with E-state index in [1.54, 1.807) is 45.3 Å². The van der Waals surface area contributed by atoms with Gasteiger partial charge in [0.1, 0.15) is 0 Å². The highest BCUT2D eigenvalue weighted by molar-refractivity contribution is 7.22. The summed E-state index contributed by atoms with van der Waals surface area (Å²) < 4.78 is 5.04. The van der Waals surface area contributed by atoms with Crippen LogP contribution in [0.3, 0.4) is 0 Å². The number of fused-ring (bicyclic) bond motifs is 4. The quantitative estimate of drug-likeness (QED) is 0.231. The van der Waals surface area contributed by atoms with E-state index in [4.69, 9.17) is 10.8 Å². The summed E-state index contributed by atoms with van der Waals surface area (Å²) in [5.74, 6) is 0. The van der Waals surface area contributed by atoms with Gasteiger partial charge in [0.05, 0.1) is 11.4 Å². The monoisotopic (exact) mass is 482 g/mol. The summed E-state index contributed by atoms with van der Waals surface area (Å²) in [7, 11) is 0. The molecule has 0 spiro atoms. The molecule has 1 aliphatic carbocycles. The van der Waals surface area contributed by atoms with Crippen molar-refractivity contribution in [3.63, 3.8) is 0 Å². The highest BCUT2D eigenvalue weighted by Crippen LogP contribution is 2.40. The van der Waals surface area contributed by atoms with E-state index in [1.807, 2.05) is 12.2 Å². The summed E-state index contributed by atoms with van der Waals surface area (Å²) in [5, 5.41) is 26.7. The summed E-state index contributed by atoms with van der Waals surface area (Å²) in [5.41, 5.74) is 2.28. The molecule has 32 heavy (non-hydrogen) atoms. The van der Waals surface area contributed by atoms with Crippen molar-refractivity contribution < 1.29 is 0 Å². The van der Waals surface area contributed by atoms with E-state index in [0.717, 1.165) is 20.9 Å². The van der Waals surface area contributed by atoms with Crippen molar-refractivity contribution in [2.24, 2.45) is 0 Å². The van der Waals surface area contributed by atoms with Gasteiger partial charge in [-0.25, -0.2) is 0 Å². The van der Waals surface area contributed by atoms with Gasteiger partial charge in [-0.15, -0.1) is 45.3 Å². The largest absolute Gasteiger partial charge is 0.298 e. The molecule has 4 aromatic heterocycles. The van der Waals surface area contributed by atoms with Gasteiger partial charge >= 0.3 is 0 Å². The highest BCUT2D eigenvalue weighted by Gasteiger charge is 2.24. The van der Waals surface area contributed by atoms with E-state index >= 15 is 0 Å². The predicted octanol–water partition coefficient (Wildman–Crippen LogP) is 9.07. The Bertz CT molecular complexity index is 1590. The van der Waals surface area contributed by atoms with Crippen molar-refractivity contribution in [2.75, 3.05) is 0 Å². The molecule has 0 radical (unpaired) electrons. The van der Waals surface area contributed by atoms with Crippen LogP contribution in [-0.2, 0) is 0 Å². The van der Waals surface area contributed by atoms with E-state index in [0.29, 0.717) is 11.4 Å². The molecule has 0 fully saturated rings. The van der Waals surface area contributed by atoms with Crippen LogP contribution >= 0.6 is 45.3 Å². The van der Waals surface area contributed by atoms with Crippen LogP contribution < -0.4 is 0 Å². The van der Waals surface area contributed by atoms with Crippen LogP contribution in [0.15, 0.2) is 71.4 Å². The molecule has 2 aromatic carbocycles. The van der Waals surface area contributed by atoms with Crippen LogP contribution in [0.1, 0.15) is 9.75 Å². The van der Waals surface area contributed by atoms with Crippen molar-refractivity contribution >= 4 is 108 Å². The van der Waals surface area contributed by atoms with E-state index in [1.165, 1.54) is 40.3 Å². The molecule has 0 saturated carbocycles. The van der Waals surface area contributed by atoms with Crippen LogP contribution in [0.4, 0.5) is 0 Å². The smallest absolute Gasteiger partial charge is 0.0882 e. The summed E-state index contributed by atoms with van der Waals surface area (Å²) in [6.45, 7) is 0. The third-order valence-corrected chi connectivity index (χ3v) is 9.94. The molecule has 0 aliphatic heterocycles. The SMILES string of the molecule is N=C1C(=N)C(c2cc3cc4ccsc4cc3s2)=CC=C1c1cc2cc3ccsc3cc2s1. The second-order valence-corrected chi connectivity index (χ2v) is 11.9. The van der Waals surface area contributed by atoms with E-state index in [-0.39, 0.29) is 0 Å². The van der Waals surface area contributed by atoms with E-state index in [9.17, 15) is 0 Å². The van der Waals surface area contributed by atoms with Gasteiger partial charge < -0.3 is 0 Å². The first-order valence-corrected chi connectivity index (χ1v) is 13.5. The lowest BCUT2D eigenvalue weighted by atomic mass is 9.92. The molecule has 2 N–H and O–H groups in total. The summed E-state index contributed by atoms with van der Waals surface area (Å²) in [6.07, 6.45) is 4.04. The maximum Gasteiger partial charge on any atom is 0.0882 e. The first kappa shape index (κ1) is 18.7. The first-order chi connectivity index (χ1) is 15.6. The van der Waals surface area contributed by atoms with Crippen LogP contribution in [0.2, 0.25) is 0 Å². The van der Waals surface area contributed by atoms with Crippen molar-refractivity contribution in [3.05, 3.63) is 81.2 Å². The number of allylic oxidation sites excluding steroid dienone is 4. The molecular weight excluding hydrogens is 469 g/mol. The minimum atomic E-state index is 0.300. The van der Waals surface area contributed by atoms with Gasteiger partial charge in [0, 0.05) is 39.7 Å². The molecule has 6 heteroatoms.